The van der Waals surface area contributed by atoms with Gasteiger partial charge in [-0.1, -0.05) is 19.1 Å². The summed E-state index contributed by atoms with van der Waals surface area (Å²) in [5, 5.41) is 0. The Morgan fingerprint density at radius 2 is 2.26 bits per heavy atom. The van der Waals surface area contributed by atoms with Gasteiger partial charge in [0, 0.05) is 18.3 Å². The predicted molar refractivity (Wildman–Crippen MR) is 78.3 cm³/mol. The van der Waals surface area contributed by atoms with E-state index in [1.54, 1.807) is 18.2 Å². The van der Waals surface area contributed by atoms with E-state index in [4.69, 9.17) is 5.48 Å². The fraction of sp³-hybridized carbons (Fsp3) is 0.600. The Kier molecular flexibility index (Phi) is 3.17. The van der Waals surface area contributed by atoms with E-state index in [1.807, 2.05) is 6.07 Å². The highest BCUT2D eigenvalue weighted by Gasteiger charge is 2.21. The second kappa shape index (κ2) is 6.06. The quantitative estimate of drug-likeness (QED) is 0.853. The van der Waals surface area contributed by atoms with Gasteiger partial charge in [-0.15, -0.1) is 0 Å². The van der Waals surface area contributed by atoms with Gasteiger partial charge in [-0.05, 0) is 55.9 Å². The van der Waals surface area contributed by atoms with Crippen LogP contribution in [0.2, 0.25) is 0 Å². The van der Waals surface area contributed by atoms with E-state index in [0.717, 1.165) is 18.4 Å². The van der Waals surface area contributed by atoms with Crippen molar-refractivity contribution >= 4 is 9.84 Å². The maximum Gasteiger partial charge on any atom is 0.175 e. The number of benzene rings is 1. The van der Waals surface area contributed by atoms with Crippen molar-refractivity contribution < 1.29 is 13.9 Å². The molecule has 2 rings (SSSR count). The van der Waals surface area contributed by atoms with Gasteiger partial charge in [0.1, 0.15) is 0 Å². The first-order chi connectivity index (χ1) is 10.4. The van der Waals surface area contributed by atoms with Crippen molar-refractivity contribution in [3.63, 3.8) is 0 Å². The molecule has 0 radical (unpaired) electrons. The maximum atomic E-state index is 11.7. The fourth-order valence-corrected chi connectivity index (χ4v) is 3.18. The summed E-state index contributed by atoms with van der Waals surface area (Å²) in [5.41, 5.74) is 0.866. The van der Waals surface area contributed by atoms with Gasteiger partial charge in [0.15, 0.2) is 9.84 Å². The van der Waals surface area contributed by atoms with Crippen LogP contribution in [-0.4, -0.2) is 39.2 Å². The van der Waals surface area contributed by atoms with Gasteiger partial charge < -0.3 is 4.90 Å². The van der Waals surface area contributed by atoms with Crippen LogP contribution in [0.25, 0.3) is 0 Å². The molecule has 19 heavy (non-hydrogen) atoms. The minimum Gasteiger partial charge on any atom is -0.303 e. The normalized spacial score (nSPS) is 26.1. The molecule has 0 N–H and O–H groups in total. The van der Waals surface area contributed by atoms with Crippen LogP contribution in [0.3, 0.4) is 0 Å². The number of piperidine rings is 1. The van der Waals surface area contributed by atoms with Crippen molar-refractivity contribution in [2.45, 2.75) is 37.0 Å². The summed E-state index contributed by atoms with van der Waals surface area (Å²) >= 11 is 0. The molecule has 0 amide bonds. The maximum absolute atomic E-state index is 11.7. The van der Waals surface area contributed by atoms with Crippen molar-refractivity contribution in [3.8, 4) is 0 Å². The van der Waals surface area contributed by atoms with Crippen LogP contribution in [0, 0.1) is 0 Å². The SMILES string of the molecule is [2H]C([2H])(C)C([2H])([2H])N1CCC[C@H](c2cccc(S(C)(=O)=O)c2)C1. The number of sulfone groups is 1. The van der Waals surface area contributed by atoms with E-state index in [0.29, 0.717) is 13.1 Å². The third kappa shape index (κ3) is 3.80. The van der Waals surface area contributed by atoms with E-state index in [2.05, 4.69) is 0 Å². The third-order valence-electron chi connectivity index (χ3n) is 3.45. The van der Waals surface area contributed by atoms with Gasteiger partial charge in [0.25, 0.3) is 0 Å². The lowest BCUT2D eigenvalue weighted by Crippen LogP contribution is -2.34. The molecule has 0 aromatic heterocycles. The molecule has 1 aromatic rings. The summed E-state index contributed by atoms with van der Waals surface area (Å²) in [6, 6.07) is 6.78. The first-order valence-corrected chi connectivity index (χ1v) is 8.37. The smallest absolute Gasteiger partial charge is 0.175 e. The lowest BCUT2D eigenvalue weighted by molar-refractivity contribution is 0.208. The number of likely N-dealkylation sites (tertiary alicyclic amines) is 1. The van der Waals surface area contributed by atoms with Gasteiger partial charge in [-0.25, -0.2) is 8.42 Å². The van der Waals surface area contributed by atoms with Crippen molar-refractivity contribution in [1.82, 2.24) is 4.90 Å². The molecule has 3 nitrogen and oxygen atoms in total. The van der Waals surface area contributed by atoms with E-state index >= 15 is 0 Å². The number of rotatable bonds is 4. The van der Waals surface area contributed by atoms with Gasteiger partial charge in [-0.3, -0.25) is 0 Å². The Labute approximate surface area is 122 Å². The third-order valence-corrected chi connectivity index (χ3v) is 4.56. The lowest BCUT2D eigenvalue weighted by Gasteiger charge is -2.32. The summed E-state index contributed by atoms with van der Waals surface area (Å²) in [7, 11) is -3.28. The molecular formula is C15H23NO2S. The summed E-state index contributed by atoms with van der Waals surface area (Å²) in [5.74, 6) is 0.00266. The monoisotopic (exact) mass is 285 g/mol. The van der Waals surface area contributed by atoms with E-state index < -0.39 is 22.7 Å². The van der Waals surface area contributed by atoms with Crippen LogP contribution >= 0.6 is 0 Å². The molecule has 1 fully saturated rings. The second-order valence-electron chi connectivity index (χ2n) is 4.99. The fourth-order valence-electron chi connectivity index (χ4n) is 2.51. The molecule has 1 saturated heterocycles. The average molecular weight is 285 g/mol. The molecule has 0 spiro atoms. The molecule has 0 unspecified atom stereocenters. The van der Waals surface area contributed by atoms with Crippen molar-refractivity contribution in [2.75, 3.05) is 25.8 Å². The van der Waals surface area contributed by atoms with Crippen LogP contribution in [0.4, 0.5) is 0 Å². The topological polar surface area (TPSA) is 37.4 Å². The largest absolute Gasteiger partial charge is 0.303 e. The molecule has 1 atom stereocenters. The summed E-state index contributed by atoms with van der Waals surface area (Å²) < 4.78 is 55.0. The standard InChI is InChI=1S/C15H23NO2S/c1-3-9-16-10-5-7-14(12-16)13-6-4-8-15(11-13)19(2,17)18/h4,6,8,11,14H,3,5,7,9-10,12H2,1-2H3/t14-/m0/s1/i3D2,9D2. The van der Waals surface area contributed by atoms with Gasteiger partial charge in [-0.2, -0.15) is 0 Å². The molecule has 0 bridgehead atoms. The van der Waals surface area contributed by atoms with Crippen molar-refractivity contribution in [2.24, 2.45) is 0 Å². The van der Waals surface area contributed by atoms with Gasteiger partial charge >= 0.3 is 0 Å². The zero-order valence-electron chi connectivity index (χ0n) is 15.4. The molecule has 0 saturated carbocycles. The minimum absolute atomic E-state index is 0.00266. The molecule has 1 aromatic carbocycles. The highest BCUT2D eigenvalue weighted by molar-refractivity contribution is 7.90. The zero-order chi connectivity index (χ0) is 17.5. The Morgan fingerprint density at radius 3 is 2.95 bits per heavy atom. The molecule has 1 aliphatic heterocycles. The zero-order valence-corrected chi connectivity index (χ0v) is 12.2. The molecule has 4 heteroatoms. The van der Waals surface area contributed by atoms with Crippen LogP contribution < -0.4 is 0 Å². The van der Waals surface area contributed by atoms with E-state index in [-0.39, 0.29) is 10.8 Å². The van der Waals surface area contributed by atoms with Crippen LogP contribution in [0.5, 0.6) is 0 Å². The summed E-state index contributed by atoms with van der Waals surface area (Å²) in [6.45, 7) is 0.0805. The molecule has 1 heterocycles. The summed E-state index contributed by atoms with van der Waals surface area (Å²) in [4.78, 5) is 1.80. The Bertz CT molecular complexity index is 670. The van der Waals surface area contributed by atoms with Crippen LogP contribution in [-0.2, 0) is 9.84 Å². The van der Waals surface area contributed by atoms with E-state index in [9.17, 15) is 8.42 Å². The second-order valence-corrected chi connectivity index (χ2v) is 7.01. The van der Waals surface area contributed by atoms with Crippen molar-refractivity contribution in [1.29, 1.82) is 0 Å². The average Bonchev–Trinajstić information content (AvgIpc) is 2.45. The minimum atomic E-state index is -3.28. The predicted octanol–water partition coefficient (Wildman–Crippen LogP) is 2.68. The summed E-state index contributed by atoms with van der Waals surface area (Å²) in [6.07, 6.45) is 0.795. The first-order valence-electron chi connectivity index (χ1n) is 8.48. The molecular weight excluding hydrogens is 258 g/mol. The van der Waals surface area contributed by atoms with Gasteiger partial charge in [0.2, 0.25) is 0 Å². The van der Waals surface area contributed by atoms with Crippen LogP contribution in [0.15, 0.2) is 29.2 Å². The van der Waals surface area contributed by atoms with Gasteiger partial charge in [0.05, 0.1) is 4.90 Å². The lowest BCUT2D eigenvalue weighted by atomic mass is 9.90. The van der Waals surface area contributed by atoms with Crippen molar-refractivity contribution in [3.05, 3.63) is 29.8 Å². The number of nitrogens with zero attached hydrogens (tertiary/aromatic N) is 1. The van der Waals surface area contributed by atoms with Crippen LogP contribution in [0.1, 0.15) is 43.1 Å². The molecule has 106 valence electrons. The highest BCUT2D eigenvalue weighted by Crippen LogP contribution is 2.28. The van der Waals surface area contributed by atoms with E-state index in [1.165, 1.54) is 18.1 Å². The Balaban J connectivity index is 2.26. The molecule has 0 aliphatic carbocycles. The number of hydrogen-bond donors (Lipinski definition) is 0. The first kappa shape index (κ1) is 9.94. The number of hydrogen-bond acceptors (Lipinski definition) is 3. The Hall–Kier alpha value is -0.870. The molecule has 1 aliphatic rings. The Morgan fingerprint density at radius 1 is 1.47 bits per heavy atom. The highest BCUT2D eigenvalue weighted by atomic mass is 32.2.